The number of nitrogens with one attached hydrogen (secondary N) is 2. The molecule has 0 unspecified atom stereocenters. The molecule has 0 fully saturated rings. The number of thiophene rings is 2. The van der Waals surface area contributed by atoms with Gasteiger partial charge in [0.05, 0.1) is 9.75 Å². The van der Waals surface area contributed by atoms with Crippen molar-refractivity contribution in [1.82, 2.24) is 0 Å². The monoisotopic (exact) mass is 370 g/mol. The zero-order chi connectivity index (χ0) is 17.8. The van der Waals surface area contributed by atoms with Crippen LogP contribution in [0.5, 0.6) is 0 Å². The summed E-state index contributed by atoms with van der Waals surface area (Å²) in [7, 11) is 0. The van der Waals surface area contributed by atoms with Crippen molar-refractivity contribution >= 4 is 45.9 Å². The molecular formula is C19H18N2O2S2. The van der Waals surface area contributed by atoms with Crippen molar-refractivity contribution in [2.45, 2.75) is 20.3 Å². The van der Waals surface area contributed by atoms with Gasteiger partial charge in [-0.2, -0.15) is 0 Å². The topological polar surface area (TPSA) is 58.2 Å². The first-order valence-electron chi connectivity index (χ1n) is 7.92. The molecule has 4 nitrogen and oxygen atoms in total. The summed E-state index contributed by atoms with van der Waals surface area (Å²) in [5.74, 6) is -0.283. The SMILES string of the molecule is CCc1sc(C(=O)Nc2cccc(NC(=O)c3cccs3)c2)cc1C. The zero-order valence-corrected chi connectivity index (χ0v) is 15.6. The van der Waals surface area contributed by atoms with E-state index in [4.69, 9.17) is 0 Å². The van der Waals surface area contributed by atoms with Gasteiger partial charge in [-0.3, -0.25) is 9.59 Å². The number of amides is 2. The maximum absolute atomic E-state index is 12.4. The Balaban J connectivity index is 1.70. The van der Waals surface area contributed by atoms with Gasteiger partial charge < -0.3 is 10.6 Å². The summed E-state index contributed by atoms with van der Waals surface area (Å²) in [6.07, 6.45) is 0.925. The molecule has 0 spiro atoms. The largest absolute Gasteiger partial charge is 0.321 e. The van der Waals surface area contributed by atoms with Crippen LogP contribution in [-0.4, -0.2) is 11.8 Å². The third kappa shape index (κ3) is 4.15. The quantitative estimate of drug-likeness (QED) is 0.650. The van der Waals surface area contributed by atoms with Crippen molar-refractivity contribution in [3.63, 3.8) is 0 Å². The van der Waals surface area contributed by atoms with E-state index in [-0.39, 0.29) is 11.8 Å². The van der Waals surface area contributed by atoms with Gasteiger partial charge >= 0.3 is 0 Å². The molecule has 0 aliphatic carbocycles. The third-order valence-electron chi connectivity index (χ3n) is 3.69. The van der Waals surface area contributed by atoms with E-state index < -0.39 is 0 Å². The molecule has 1 aromatic carbocycles. The summed E-state index contributed by atoms with van der Waals surface area (Å²) in [6.45, 7) is 4.10. The Morgan fingerprint density at radius 2 is 1.64 bits per heavy atom. The van der Waals surface area contributed by atoms with Crippen LogP contribution in [-0.2, 0) is 6.42 Å². The summed E-state index contributed by atoms with van der Waals surface area (Å²) in [5.41, 5.74) is 2.44. The number of hydrogen-bond acceptors (Lipinski definition) is 4. The Bertz CT molecular complexity index is 898. The number of aryl methyl sites for hydroxylation is 2. The number of rotatable bonds is 5. The molecule has 0 bridgehead atoms. The summed E-state index contributed by atoms with van der Waals surface area (Å²) in [4.78, 5) is 27.1. The van der Waals surface area contributed by atoms with Gasteiger partial charge in [0.2, 0.25) is 0 Å². The van der Waals surface area contributed by atoms with Crippen LogP contribution in [0, 0.1) is 6.92 Å². The van der Waals surface area contributed by atoms with E-state index >= 15 is 0 Å². The maximum atomic E-state index is 12.4. The van der Waals surface area contributed by atoms with Crippen molar-refractivity contribution in [2.24, 2.45) is 0 Å². The lowest BCUT2D eigenvalue weighted by molar-refractivity contribution is 0.102. The van der Waals surface area contributed by atoms with E-state index in [0.717, 1.165) is 12.0 Å². The van der Waals surface area contributed by atoms with Crippen LogP contribution in [0.3, 0.4) is 0 Å². The first-order valence-corrected chi connectivity index (χ1v) is 9.62. The number of carbonyl (C=O) groups is 2. The molecule has 0 aliphatic heterocycles. The maximum Gasteiger partial charge on any atom is 0.265 e. The highest BCUT2D eigenvalue weighted by molar-refractivity contribution is 7.14. The van der Waals surface area contributed by atoms with Crippen molar-refractivity contribution < 1.29 is 9.59 Å². The van der Waals surface area contributed by atoms with Gasteiger partial charge in [0.15, 0.2) is 0 Å². The molecule has 3 aromatic rings. The average Bonchev–Trinajstić information content (AvgIpc) is 3.24. The van der Waals surface area contributed by atoms with E-state index in [2.05, 4.69) is 17.6 Å². The normalized spacial score (nSPS) is 10.5. The molecule has 2 aromatic heterocycles. The highest BCUT2D eigenvalue weighted by Crippen LogP contribution is 2.24. The molecular weight excluding hydrogens is 352 g/mol. The van der Waals surface area contributed by atoms with Crippen molar-refractivity contribution in [3.8, 4) is 0 Å². The lowest BCUT2D eigenvalue weighted by Crippen LogP contribution is -2.12. The fourth-order valence-corrected chi connectivity index (χ4v) is 4.08. The van der Waals surface area contributed by atoms with Crippen molar-refractivity contribution in [1.29, 1.82) is 0 Å². The molecule has 128 valence electrons. The highest BCUT2D eigenvalue weighted by Gasteiger charge is 2.12. The van der Waals surface area contributed by atoms with Gasteiger partial charge in [-0.15, -0.1) is 22.7 Å². The molecule has 2 N–H and O–H groups in total. The van der Waals surface area contributed by atoms with Crippen molar-refractivity contribution in [2.75, 3.05) is 10.6 Å². The van der Waals surface area contributed by atoms with E-state index in [1.165, 1.54) is 27.6 Å². The molecule has 25 heavy (non-hydrogen) atoms. The van der Waals surface area contributed by atoms with Crippen LogP contribution in [0.2, 0.25) is 0 Å². The zero-order valence-electron chi connectivity index (χ0n) is 14.0. The van der Waals surface area contributed by atoms with Crippen LogP contribution in [0.15, 0.2) is 47.8 Å². The Kier molecular flexibility index (Phi) is 5.31. The Labute approximate surface area is 154 Å². The lowest BCUT2D eigenvalue weighted by Gasteiger charge is -2.07. The highest BCUT2D eigenvalue weighted by atomic mass is 32.1. The third-order valence-corrected chi connectivity index (χ3v) is 5.94. The predicted molar refractivity (Wildman–Crippen MR) is 105 cm³/mol. The summed E-state index contributed by atoms with van der Waals surface area (Å²) in [5, 5.41) is 7.60. The minimum absolute atomic E-state index is 0.130. The predicted octanol–water partition coefficient (Wildman–Crippen LogP) is 5.19. The van der Waals surface area contributed by atoms with E-state index in [9.17, 15) is 9.59 Å². The van der Waals surface area contributed by atoms with Crippen LogP contribution >= 0.6 is 22.7 Å². The molecule has 6 heteroatoms. The molecule has 2 heterocycles. The van der Waals surface area contributed by atoms with Gasteiger partial charge in [-0.1, -0.05) is 19.1 Å². The number of benzene rings is 1. The van der Waals surface area contributed by atoms with Gasteiger partial charge in [0.1, 0.15) is 0 Å². The second-order valence-corrected chi connectivity index (χ2v) is 7.62. The molecule has 3 rings (SSSR count). The smallest absolute Gasteiger partial charge is 0.265 e. The van der Waals surface area contributed by atoms with Crippen LogP contribution < -0.4 is 10.6 Å². The molecule has 0 saturated heterocycles. The van der Waals surface area contributed by atoms with E-state index in [1.807, 2.05) is 24.4 Å². The molecule has 2 amide bonds. The van der Waals surface area contributed by atoms with Gasteiger partial charge in [-0.25, -0.2) is 0 Å². The lowest BCUT2D eigenvalue weighted by atomic mass is 10.2. The Hall–Kier alpha value is -2.44. The molecule has 0 atom stereocenters. The van der Waals surface area contributed by atoms with Gasteiger partial charge in [0, 0.05) is 16.3 Å². The fourth-order valence-electron chi connectivity index (χ4n) is 2.45. The second-order valence-electron chi connectivity index (χ2n) is 5.54. The average molecular weight is 370 g/mol. The van der Waals surface area contributed by atoms with Crippen LogP contribution in [0.4, 0.5) is 11.4 Å². The fraction of sp³-hybridized carbons (Fsp3) is 0.158. The molecule has 0 saturated carbocycles. The van der Waals surface area contributed by atoms with E-state index in [0.29, 0.717) is 21.1 Å². The molecule has 0 radical (unpaired) electrons. The van der Waals surface area contributed by atoms with Gasteiger partial charge in [-0.05, 0) is 54.6 Å². The summed E-state index contributed by atoms with van der Waals surface area (Å²) >= 11 is 2.91. The second kappa shape index (κ2) is 7.63. The minimum Gasteiger partial charge on any atom is -0.321 e. The minimum atomic E-state index is -0.153. The number of hydrogen-bond donors (Lipinski definition) is 2. The van der Waals surface area contributed by atoms with Crippen LogP contribution in [0.25, 0.3) is 0 Å². The number of anilines is 2. The summed E-state index contributed by atoms with van der Waals surface area (Å²) < 4.78 is 0. The van der Waals surface area contributed by atoms with E-state index in [1.54, 1.807) is 30.3 Å². The first-order chi connectivity index (χ1) is 12.1. The number of carbonyl (C=O) groups excluding carboxylic acids is 2. The van der Waals surface area contributed by atoms with Gasteiger partial charge in [0.25, 0.3) is 11.8 Å². The summed E-state index contributed by atoms with van der Waals surface area (Å²) in [6, 6.07) is 12.7. The Morgan fingerprint density at radius 1 is 0.960 bits per heavy atom. The Morgan fingerprint density at radius 3 is 2.20 bits per heavy atom. The molecule has 0 aliphatic rings. The van der Waals surface area contributed by atoms with Crippen molar-refractivity contribution in [3.05, 3.63) is 68.0 Å². The first kappa shape index (κ1) is 17.4. The van der Waals surface area contributed by atoms with Crippen LogP contribution in [0.1, 0.15) is 36.7 Å². The standard InChI is InChI=1S/C19H18N2O2S2/c1-3-15-12(2)10-17(25-15)19(23)21-14-7-4-6-13(11-14)20-18(22)16-8-5-9-24-16/h4-11H,3H2,1-2H3,(H,20,22)(H,21,23).